The minimum absolute atomic E-state index is 0.207. The third kappa shape index (κ3) is 1.73. The monoisotopic (exact) mass is 278 g/mol. The molecule has 0 atom stereocenters. The maximum absolute atomic E-state index is 12.5. The second-order valence-corrected chi connectivity index (χ2v) is 3.93. The Kier molecular flexibility index (Phi) is 2.26. The van der Waals surface area contributed by atoms with E-state index in [1.54, 1.807) is 12.1 Å². The first-order chi connectivity index (χ1) is 6.89. The summed E-state index contributed by atoms with van der Waals surface area (Å²) in [5.74, 6) is -0.913. The fourth-order valence-corrected chi connectivity index (χ4v) is 1.83. The minimum Gasteiger partial charge on any atom is -0.295 e. The molecule has 0 unspecified atom stereocenters. The molecular weight excluding hydrogens is 273 g/mol. The quantitative estimate of drug-likeness (QED) is 0.722. The van der Waals surface area contributed by atoms with E-state index in [9.17, 15) is 13.2 Å². The SMILES string of the molecule is Cc1ccn2c(C(F)(F)F)nc(Br)c2c1. The van der Waals surface area contributed by atoms with E-state index in [4.69, 9.17) is 0 Å². The highest BCUT2D eigenvalue weighted by molar-refractivity contribution is 9.10. The van der Waals surface area contributed by atoms with Crippen LogP contribution >= 0.6 is 15.9 Å². The van der Waals surface area contributed by atoms with Crippen LogP contribution in [0.25, 0.3) is 5.52 Å². The van der Waals surface area contributed by atoms with Gasteiger partial charge in [0, 0.05) is 6.20 Å². The summed E-state index contributed by atoms with van der Waals surface area (Å²) in [6.45, 7) is 1.81. The van der Waals surface area contributed by atoms with E-state index in [0.717, 1.165) is 9.96 Å². The number of hydrogen-bond donors (Lipinski definition) is 0. The van der Waals surface area contributed by atoms with Crippen LogP contribution < -0.4 is 0 Å². The first-order valence-corrected chi connectivity index (χ1v) is 4.90. The van der Waals surface area contributed by atoms with Crippen LogP contribution in [0.15, 0.2) is 22.9 Å². The molecule has 0 N–H and O–H groups in total. The summed E-state index contributed by atoms with van der Waals surface area (Å²) < 4.78 is 38.8. The van der Waals surface area contributed by atoms with Gasteiger partial charge in [-0.3, -0.25) is 4.40 Å². The molecule has 0 fully saturated rings. The fourth-order valence-electron chi connectivity index (χ4n) is 1.35. The highest BCUT2D eigenvalue weighted by Crippen LogP contribution is 2.32. The van der Waals surface area contributed by atoms with Crippen molar-refractivity contribution in [1.29, 1.82) is 0 Å². The zero-order valence-electron chi connectivity index (χ0n) is 7.64. The summed E-state index contributed by atoms with van der Waals surface area (Å²) in [6, 6.07) is 3.25. The maximum Gasteiger partial charge on any atom is 0.450 e. The Morgan fingerprint density at radius 2 is 2.07 bits per heavy atom. The summed E-state index contributed by atoms with van der Waals surface area (Å²) in [4.78, 5) is 3.46. The lowest BCUT2D eigenvalue weighted by Crippen LogP contribution is -2.10. The fraction of sp³-hybridized carbons (Fsp3) is 0.222. The molecule has 80 valence electrons. The molecule has 0 radical (unpaired) electrons. The number of pyridine rings is 1. The minimum atomic E-state index is -4.44. The molecule has 0 aliphatic rings. The van der Waals surface area contributed by atoms with Crippen molar-refractivity contribution >= 4 is 21.4 Å². The van der Waals surface area contributed by atoms with Gasteiger partial charge in [-0.2, -0.15) is 13.2 Å². The van der Waals surface area contributed by atoms with Crippen LogP contribution in [0, 0.1) is 6.92 Å². The lowest BCUT2D eigenvalue weighted by molar-refractivity contribution is -0.145. The zero-order chi connectivity index (χ0) is 11.2. The summed E-state index contributed by atoms with van der Waals surface area (Å²) >= 11 is 3.01. The highest BCUT2D eigenvalue weighted by atomic mass is 79.9. The Bertz CT molecular complexity index is 516. The number of nitrogens with zero attached hydrogens (tertiary/aromatic N) is 2. The number of hydrogen-bond acceptors (Lipinski definition) is 1. The number of alkyl halides is 3. The lowest BCUT2D eigenvalue weighted by Gasteiger charge is -2.04. The van der Waals surface area contributed by atoms with Crippen LogP contribution in [-0.4, -0.2) is 9.38 Å². The topological polar surface area (TPSA) is 17.3 Å². The molecule has 0 aliphatic carbocycles. The van der Waals surface area contributed by atoms with Crippen molar-refractivity contribution < 1.29 is 13.2 Å². The molecule has 0 amide bonds. The van der Waals surface area contributed by atoms with E-state index in [2.05, 4.69) is 20.9 Å². The van der Waals surface area contributed by atoms with Gasteiger partial charge in [-0.05, 0) is 40.5 Å². The number of aromatic nitrogens is 2. The first kappa shape index (κ1) is 10.5. The van der Waals surface area contributed by atoms with Crippen LogP contribution in [0.2, 0.25) is 0 Å². The zero-order valence-corrected chi connectivity index (χ0v) is 9.22. The molecule has 2 nitrogen and oxygen atoms in total. The van der Waals surface area contributed by atoms with E-state index in [0.29, 0.717) is 5.52 Å². The molecule has 0 saturated carbocycles. The normalized spacial score (nSPS) is 12.3. The van der Waals surface area contributed by atoms with Crippen LogP contribution in [0.5, 0.6) is 0 Å². The van der Waals surface area contributed by atoms with Crippen molar-refractivity contribution in [3.8, 4) is 0 Å². The molecule has 2 heterocycles. The average Bonchev–Trinajstić information content (AvgIpc) is 2.43. The predicted octanol–water partition coefficient (Wildman–Crippen LogP) is 3.42. The third-order valence-electron chi connectivity index (χ3n) is 2.01. The van der Waals surface area contributed by atoms with Crippen molar-refractivity contribution in [2.75, 3.05) is 0 Å². The number of fused-ring (bicyclic) bond motifs is 1. The standard InChI is InChI=1S/C9H6BrF3N2/c1-5-2-3-15-6(4-5)7(10)14-8(15)9(11,12)13/h2-4H,1H3. The van der Waals surface area contributed by atoms with Gasteiger partial charge in [-0.25, -0.2) is 4.98 Å². The van der Waals surface area contributed by atoms with E-state index in [-0.39, 0.29) is 4.60 Å². The van der Waals surface area contributed by atoms with E-state index < -0.39 is 12.0 Å². The Morgan fingerprint density at radius 3 is 2.67 bits per heavy atom. The second-order valence-electron chi connectivity index (χ2n) is 3.18. The van der Waals surface area contributed by atoms with Crippen LogP contribution in [-0.2, 0) is 6.18 Å². The van der Waals surface area contributed by atoms with Gasteiger partial charge in [0.25, 0.3) is 0 Å². The molecule has 2 aromatic heterocycles. The molecule has 15 heavy (non-hydrogen) atoms. The molecule has 0 spiro atoms. The molecular formula is C9H6BrF3N2. The highest BCUT2D eigenvalue weighted by Gasteiger charge is 2.36. The summed E-state index contributed by atoms with van der Waals surface area (Å²) in [5, 5.41) is 0. The molecule has 0 aromatic carbocycles. The van der Waals surface area contributed by atoms with Gasteiger partial charge in [-0.1, -0.05) is 0 Å². The van der Waals surface area contributed by atoms with Crippen molar-refractivity contribution in [2.24, 2.45) is 0 Å². The van der Waals surface area contributed by atoms with Gasteiger partial charge >= 0.3 is 6.18 Å². The predicted molar refractivity (Wildman–Crippen MR) is 52.6 cm³/mol. The number of halogens is 4. The van der Waals surface area contributed by atoms with E-state index in [1.807, 2.05) is 6.92 Å². The number of aryl methyl sites for hydroxylation is 1. The molecule has 2 aromatic rings. The van der Waals surface area contributed by atoms with Crippen molar-refractivity contribution in [1.82, 2.24) is 9.38 Å². The van der Waals surface area contributed by atoms with E-state index >= 15 is 0 Å². The van der Waals surface area contributed by atoms with Crippen LogP contribution in [0.4, 0.5) is 13.2 Å². The molecule has 0 bridgehead atoms. The van der Waals surface area contributed by atoms with Gasteiger partial charge in [0.05, 0.1) is 5.52 Å². The Balaban J connectivity index is 2.79. The van der Waals surface area contributed by atoms with Gasteiger partial charge in [0.1, 0.15) is 4.60 Å². The van der Waals surface area contributed by atoms with Gasteiger partial charge in [0.15, 0.2) is 0 Å². The van der Waals surface area contributed by atoms with Gasteiger partial charge in [-0.15, -0.1) is 0 Å². The largest absolute Gasteiger partial charge is 0.450 e. The van der Waals surface area contributed by atoms with Gasteiger partial charge < -0.3 is 0 Å². The molecule has 0 aliphatic heterocycles. The van der Waals surface area contributed by atoms with Gasteiger partial charge in [0.2, 0.25) is 5.82 Å². The van der Waals surface area contributed by atoms with Crippen molar-refractivity contribution in [2.45, 2.75) is 13.1 Å². The number of imidazole rings is 1. The summed E-state index contributed by atoms with van der Waals surface area (Å²) in [5.41, 5.74) is 1.30. The van der Waals surface area contributed by atoms with Crippen LogP contribution in [0.1, 0.15) is 11.4 Å². The molecule has 6 heteroatoms. The third-order valence-corrected chi connectivity index (χ3v) is 2.59. The first-order valence-electron chi connectivity index (χ1n) is 4.11. The molecule has 0 saturated heterocycles. The smallest absolute Gasteiger partial charge is 0.295 e. The van der Waals surface area contributed by atoms with E-state index in [1.165, 1.54) is 6.20 Å². The Labute approximate surface area is 91.9 Å². The number of rotatable bonds is 0. The van der Waals surface area contributed by atoms with Crippen LogP contribution in [0.3, 0.4) is 0 Å². The Hall–Kier alpha value is -1.04. The maximum atomic E-state index is 12.5. The molecule has 2 rings (SSSR count). The Morgan fingerprint density at radius 1 is 1.40 bits per heavy atom. The average molecular weight is 279 g/mol. The summed E-state index contributed by atoms with van der Waals surface area (Å²) in [6.07, 6.45) is -3.07. The van der Waals surface area contributed by atoms with Crippen molar-refractivity contribution in [3.05, 3.63) is 34.3 Å². The lowest BCUT2D eigenvalue weighted by atomic mass is 10.3. The second kappa shape index (κ2) is 3.23. The summed E-state index contributed by atoms with van der Waals surface area (Å²) in [7, 11) is 0. The van der Waals surface area contributed by atoms with Crippen molar-refractivity contribution in [3.63, 3.8) is 0 Å².